The van der Waals surface area contributed by atoms with Gasteiger partial charge in [-0.25, -0.2) is 22.3 Å². The summed E-state index contributed by atoms with van der Waals surface area (Å²) in [5.74, 6) is -0.683. The van der Waals surface area contributed by atoms with Crippen molar-refractivity contribution in [3.63, 3.8) is 0 Å². The van der Waals surface area contributed by atoms with Crippen molar-refractivity contribution in [3.05, 3.63) is 59.7 Å². The summed E-state index contributed by atoms with van der Waals surface area (Å²) in [6.45, 7) is 0.847. The zero-order chi connectivity index (χ0) is 23.0. The van der Waals surface area contributed by atoms with Crippen LogP contribution >= 0.6 is 0 Å². The first-order chi connectivity index (χ1) is 15.2. The average Bonchev–Trinajstić information content (AvgIpc) is 2.78. The second-order valence-electron chi connectivity index (χ2n) is 8.39. The van der Waals surface area contributed by atoms with Crippen LogP contribution in [0.2, 0.25) is 0 Å². The van der Waals surface area contributed by atoms with E-state index in [-0.39, 0.29) is 17.9 Å². The molecule has 2 aromatic rings. The standard InChI is InChI=1S/C22H26N2O6S2/c25-21(23-26)15-22(11-3-4-13-32(22,29)30)18-9-7-17(8-10-18)16-24-12-14-31(27,28)20-6-2-1-5-19(20)24/h1-2,5-10,26H,3-4,11-16H2,(H,23,25). The summed E-state index contributed by atoms with van der Waals surface area (Å²) in [7, 11) is -6.88. The largest absolute Gasteiger partial charge is 0.365 e. The maximum absolute atomic E-state index is 13.0. The van der Waals surface area contributed by atoms with E-state index in [2.05, 4.69) is 0 Å². The molecule has 0 bridgehead atoms. The molecule has 2 aliphatic heterocycles. The summed E-state index contributed by atoms with van der Waals surface area (Å²) in [6, 6.07) is 14.0. The number of carbonyl (C=O) groups excluding carboxylic acids is 1. The van der Waals surface area contributed by atoms with Crippen molar-refractivity contribution >= 4 is 31.3 Å². The minimum Gasteiger partial charge on any atom is -0.365 e. The number of anilines is 1. The Morgan fingerprint density at radius 2 is 1.72 bits per heavy atom. The number of sulfone groups is 2. The van der Waals surface area contributed by atoms with Crippen molar-refractivity contribution in [2.24, 2.45) is 0 Å². The molecule has 172 valence electrons. The topological polar surface area (TPSA) is 121 Å². The highest BCUT2D eigenvalue weighted by Crippen LogP contribution is 2.43. The number of para-hydroxylation sites is 1. The fraction of sp³-hybridized carbons (Fsp3) is 0.409. The smallest absolute Gasteiger partial charge is 0.245 e. The van der Waals surface area contributed by atoms with Gasteiger partial charge in [0.15, 0.2) is 19.7 Å². The quantitative estimate of drug-likeness (QED) is 0.499. The summed E-state index contributed by atoms with van der Waals surface area (Å²) in [5.41, 5.74) is 3.66. The Morgan fingerprint density at radius 3 is 2.41 bits per heavy atom. The first kappa shape index (κ1) is 22.8. The van der Waals surface area contributed by atoms with Gasteiger partial charge >= 0.3 is 0 Å². The first-order valence-electron chi connectivity index (χ1n) is 10.5. The summed E-state index contributed by atoms with van der Waals surface area (Å²) in [6.07, 6.45) is 1.22. The third-order valence-electron chi connectivity index (χ3n) is 6.43. The van der Waals surface area contributed by atoms with E-state index in [9.17, 15) is 21.6 Å². The number of nitrogens with one attached hydrogen (secondary N) is 1. The molecule has 0 saturated carbocycles. The van der Waals surface area contributed by atoms with Crippen molar-refractivity contribution in [2.75, 3.05) is 23.0 Å². The van der Waals surface area contributed by atoms with E-state index in [1.165, 1.54) is 0 Å². The second-order valence-corrected chi connectivity index (χ2v) is 12.9. The van der Waals surface area contributed by atoms with Crippen molar-refractivity contribution in [1.82, 2.24) is 5.48 Å². The number of hydrogen-bond acceptors (Lipinski definition) is 7. The lowest BCUT2D eigenvalue weighted by Crippen LogP contribution is -2.44. The van der Waals surface area contributed by atoms with Crippen LogP contribution in [-0.2, 0) is 35.8 Å². The van der Waals surface area contributed by atoms with Crippen LogP contribution in [-0.4, -0.2) is 46.0 Å². The van der Waals surface area contributed by atoms with Crippen molar-refractivity contribution in [2.45, 2.75) is 41.9 Å². The van der Waals surface area contributed by atoms with Crippen LogP contribution in [0.25, 0.3) is 0 Å². The zero-order valence-corrected chi connectivity index (χ0v) is 19.2. The summed E-state index contributed by atoms with van der Waals surface area (Å²) in [4.78, 5) is 14.3. The third-order valence-corrected chi connectivity index (χ3v) is 10.8. The molecule has 0 radical (unpaired) electrons. The van der Waals surface area contributed by atoms with Gasteiger partial charge in [0.1, 0.15) is 4.75 Å². The fourth-order valence-electron chi connectivity index (χ4n) is 4.72. The Hall–Kier alpha value is -2.43. The molecule has 1 amide bonds. The minimum atomic E-state index is -3.59. The van der Waals surface area contributed by atoms with E-state index >= 15 is 0 Å². The number of fused-ring (bicyclic) bond motifs is 1. The summed E-state index contributed by atoms with van der Waals surface area (Å²) in [5, 5.41) is 9.00. The molecule has 0 aliphatic carbocycles. The molecule has 8 nitrogen and oxygen atoms in total. The summed E-state index contributed by atoms with van der Waals surface area (Å²) < 4.78 is 49.4. The molecule has 1 unspecified atom stereocenters. The second kappa shape index (κ2) is 8.49. The number of nitrogens with zero attached hydrogens (tertiary/aromatic N) is 1. The number of carbonyl (C=O) groups is 1. The van der Waals surface area contributed by atoms with Crippen LogP contribution in [0, 0.1) is 0 Å². The van der Waals surface area contributed by atoms with Crippen molar-refractivity contribution in [3.8, 4) is 0 Å². The van der Waals surface area contributed by atoms with Crippen molar-refractivity contribution < 1.29 is 26.8 Å². The van der Waals surface area contributed by atoms with Gasteiger partial charge in [-0.1, -0.05) is 42.8 Å². The van der Waals surface area contributed by atoms with Crippen LogP contribution in [0.5, 0.6) is 0 Å². The normalized spacial score (nSPS) is 23.8. The molecule has 2 N–H and O–H groups in total. The molecule has 2 aliphatic rings. The fourth-order valence-corrected chi connectivity index (χ4v) is 8.48. The zero-order valence-electron chi connectivity index (χ0n) is 17.5. The Bertz CT molecular complexity index is 1230. The molecule has 4 rings (SSSR count). The van der Waals surface area contributed by atoms with Gasteiger partial charge in [0.05, 0.1) is 28.5 Å². The van der Waals surface area contributed by atoms with Crippen LogP contribution in [0.1, 0.15) is 36.8 Å². The van der Waals surface area contributed by atoms with Gasteiger partial charge in [-0.15, -0.1) is 0 Å². The Balaban J connectivity index is 1.63. The molecule has 0 aromatic heterocycles. The van der Waals surface area contributed by atoms with Gasteiger partial charge in [-0.05, 0) is 36.1 Å². The first-order valence-corrected chi connectivity index (χ1v) is 13.8. The highest BCUT2D eigenvalue weighted by atomic mass is 32.2. The third kappa shape index (κ3) is 4.02. The number of benzene rings is 2. The lowest BCUT2D eigenvalue weighted by atomic mass is 9.88. The maximum atomic E-state index is 13.0. The molecule has 32 heavy (non-hydrogen) atoms. The predicted molar refractivity (Wildman–Crippen MR) is 120 cm³/mol. The van der Waals surface area contributed by atoms with Gasteiger partial charge in [-0.2, -0.15) is 0 Å². The van der Waals surface area contributed by atoms with Gasteiger partial charge in [0, 0.05) is 13.1 Å². The lowest BCUT2D eigenvalue weighted by Gasteiger charge is -2.37. The highest BCUT2D eigenvalue weighted by Gasteiger charge is 2.48. The molecular weight excluding hydrogens is 452 g/mol. The Kier molecular flexibility index (Phi) is 6.04. The molecule has 2 heterocycles. The maximum Gasteiger partial charge on any atom is 0.245 e. The molecule has 1 atom stereocenters. The van der Waals surface area contributed by atoms with Gasteiger partial charge in [0.2, 0.25) is 5.91 Å². The summed E-state index contributed by atoms with van der Waals surface area (Å²) >= 11 is 0. The minimum absolute atomic E-state index is 0.00644. The van der Waals surface area contributed by atoms with E-state index in [4.69, 9.17) is 5.21 Å². The molecule has 2 aromatic carbocycles. The van der Waals surface area contributed by atoms with Crippen LogP contribution in [0.15, 0.2) is 53.4 Å². The monoisotopic (exact) mass is 478 g/mol. The predicted octanol–water partition coefficient (Wildman–Crippen LogP) is 2.17. The molecule has 10 heteroatoms. The Labute approximate surface area is 188 Å². The van der Waals surface area contributed by atoms with E-state index in [0.29, 0.717) is 48.5 Å². The highest BCUT2D eigenvalue weighted by molar-refractivity contribution is 7.92. The SMILES string of the molecule is O=C(CC1(c2ccc(CN3CCS(=O)(=O)c4ccccc43)cc2)CCCCS1(=O)=O)NO. The lowest BCUT2D eigenvalue weighted by molar-refractivity contribution is -0.130. The van der Waals surface area contributed by atoms with Gasteiger partial charge in [-0.3, -0.25) is 10.0 Å². The van der Waals surface area contributed by atoms with Gasteiger partial charge in [0.25, 0.3) is 0 Å². The van der Waals surface area contributed by atoms with Crippen molar-refractivity contribution in [1.29, 1.82) is 0 Å². The molecule has 1 saturated heterocycles. The van der Waals surface area contributed by atoms with E-state index in [0.717, 1.165) is 5.56 Å². The van der Waals surface area contributed by atoms with E-state index in [1.54, 1.807) is 41.9 Å². The Morgan fingerprint density at radius 1 is 1.00 bits per heavy atom. The van der Waals surface area contributed by atoms with Crippen LogP contribution in [0.3, 0.4) is 0 Å². The molecule has 0 spiro atoms. The number of rotatable bonds is 5. The van der Waals surface area contributed by atoms with E-state index < -0.39 is 30.3 Å². The van der Waals surface area contributed by atoms with Gasteiger partial charge < -0.3 is 4.90 Å². The number of hydroxylamine groups is 1. The number of amides is 1. The number of hydrogen-bond donors (Lipinski definition) is 2. The van der Waals surface area contributed by atoms with Crippen LogP contribution in [0.4, 0.5) is 5.69 Å². The van der Waals surface area contributed by atoms with E-state index in [1.807, 2.05) is 17.0 Å². The average molecular weight is 479 g/mol. The van der Waals surface area contributed by atoms with Crippen LogP contribution < -0.4 is 10.4 Å². The molecule has 1 fully saturated rings. The molecular formula is C22H26N2O6S2.